The topological polar surface area (TPSA) is 98.2 Å². The number of hydrazone groups is 1. The molecule has 0 radical (unpaired) electrons. The summed E-state index contributed by atoms with van der Waals surface area (Å²) in [5, 5.41) is 7.57. The number of nitrogens with one attached hydrogen (secondary N) is 2. The maximum absolute atomic E-state index is 13.2. The van der Waals surface area contributed by atoms with Gasteiger partial charge in [-0.2, -0.15) is 5.10 Å². The smallest absolute Gasteiger partial charge is 0.262 e. The lowest BCUT2D eigenvalue weighted by Gasteiger charge is -2.21. The first kappa shape index (κ1) is 32.0. The summed E-state index contributed by atoms with van der Waals surface area (Å²) in [6.45, 7) is 7.83. The maximum atomic E-state index is 13.2. The Morgan fingerprint density at radius 3 is 2.49 bits per heavy atom. The van der Waals surface area contributed by atoms with Gasteiger partial charge in [-0.3, -0.25) is 9.59 Å². The van der Waals surface area contributed by atoms with Gasteiger partial charge in [-0.25, -0.2) is 5.43 Å². The molecule has 0 aliphatic rings. The van der Waals surface area contributed by atoms with Gasteiger partial charge in [0, 0.05) is 11.4 Å². The summed E-state index contributed by atoms with van der Waals surface area (Å²) in [5.41, 5.74) is 4.02. The van der Waals surface area contributed by atoms with Crippen LogP contribution in [0.5, 0.6) is 17.2 Å². The van der Waals surface area contributed by atoms with Crippen LogP contribution in [0.4, 0.5) is 0 Å². The minimum absolute atomic E-state index is 0.234. The van der Waals surface area contributed by atoms with Crippen LogP contribution in [0.1, 0.15) is 25.0 Å². The van der Waals surface area contributed by atoms with Crippen molar-refractivity contribution in [1.82, 2.24) is 10.7 Å². The van der Waals surface area contributed by atoms with Gasteiger partial charge in [0.15, 0.2) is 17.6 Å². The van der Waals surface area contributed by atoms with Gasteiger partial charge in [0.25, 0.3) is 11.8 Å². The summed E-state index contributed by atoms with van der Waals surface area (Å²) in [6, 6.07) is 16.6. The molecule has 2 N–H and O–H groups in total. The average molecular weight is 663 g/mol. The van der Waals surface area contributed by atoms with Crippen molar-refractivity contribution < 1.29 is 23.8 Å². The molecule has 0 bridgehead atoms. The van der Waals surface area contributed by atoms with E-state index in [2.05, 4.69) is 38.4 Å². The summed E-state index contributed by atoms with van der Waals surface area (Å²) in [6.07, 6.45) is 2.40. The Balaban J connectivity index is 1.73. The molecule has 0 heterocycles. The monoisotopic (exact) mass is 661 g/mol. The van der Waals surface area contributed by atoms with Crippen molar-refractivity contribution in [3.05, 3.63) is 99.0 Å². The Bertz CT molecular complexity index is 1390. The molecule has 0 unspecified atom stereocenters. The number of hydrogen-bond acceptors (Lipinski definition) is 6. The van der Waals surface area contributed by atoms with Crippen molar-refractivity contribution in [2.75, 3.05) is 13.2 Å². The third kappa shape index (κ3) is 9.81. The van der Waals surface area contributed by atoms with Crippen LogP contribution in [-0.4, -0.2) is 43.4 Å². The van der Waals surface area contributed by atoms with Crippen LogP contribution in [-0.2, 0) is 16.0 Å². The van der Waals surface area contributed by atoms with E-state index in [0.29, 0.717) is 45.5 Å². The largest absolute Gasteiger partial charge is 0.490 e. The Morgan fingerprint density at radius 1 is 1.05 bits per heavy atom. The molecule has 3 aromatic carbocycles. The number of carbonyl (C=O) groups excluding carboxylic acids is 2. The van der Waals surface area contributed by atoms with Crippen molar-refractivity contribution in [3.63, 3.8) is 0 Å². The van der Waals surface area contributed by atoms with Crippen LogP contribution in [0.25, 0.3) is 0 Å². The van der Waals surface area contributed by atoms with Crippen molar-refractivity contribution in [1.29, 1.82) is 0 Å². The molecular weight excluding hydrogens is 633 g/mol. The van der Waals surface area contributed by atoms with Crippen LogP contribution >= 0.6 is 39.1 Å². The Kier molecular flexibility index (Phi) is 12.5. The van der Waals surface area contributed by atoms with Gasteiger partial charge in [-0.15, -0.1) is 0 Å². The minimum Gasteiger partial charge on any atom is -0.490 e. The molecule has 2 atom stereocenters. The molecule has 0 aliphatic carbocycles. The van der Waals surface area contributed by atoms with E-state index in [1.807, 2.05) is 37.3 Å². The van der Waals surface area contributed by atoms with Crippen molar-refractivity contribution in [2.45, 2.75) is 32.4 Å². The van der Waals surface area contributed by atoms with Gasteiger partial charge < -0.3 is 19.5 Å². The predicted molar refractivity (Wildman–Crippen MR) is 165 cm³/mol. The number of benzene rings is 3. The fourth-order valence-electron chi connectivity index (χ4n) is 3.62. The predicted octanol–water partition coefficient (Wildman–Crippen LogP) is 6.36. The van der Waals surface area contributed by atoms with Gasteiger partial charge in [-0.05, 0) is 71.2 Å². The van der Waals surface area contributed by atoms with Crippen molar-refractivity contribution in [3.8, 4) is 17.2 Å². The first-order valence-electron chi connectivity index (χ1n) is 12.7. The fraction of sp³-hybridized carbons (Fsp3) is 0.233. The molecule has 11 heteroatoms. The zero-order valence-corrected chi connectivity index (χ0v) is 25.6. The summed E-state index contributed by atoms with van der Waals surface area (Å²) in [4.78, 5) is 26.2. The van der Waals surface area contributed by atoms with E-state index in [1.54, 1.807) is 37.3 Å². The third-order valence-electron chi connectivity index (χ3n) is 5.55. The highest BCUT2D eigenvalue weighted by Gasteiger charge is 2.25. The van der Waals surface area contributed by atoms with Crippen LogP contribution in [0, 0.1) is 0 Å². The lowest BCUT2D eigenvalue weighted by Crippen LogP contribution is -2.50. The van der Waals surface area contributed by atoms with E-state index >= 15 is 0 Å². The molecule has 0 saturated carbocycles. The van der Waals surface area contributed by atoms with Gasteiger partial charge in [0.05, 0.1) is 22.3 Å². The number of carbonyl (C=O) groups is 2. The summed E-state index contributed by atoms with van der Waals surface area (Å²) < 4.78 is 17.8. The highest BCUT2D eigenvalue weighted by molar-refractivity contribution is 9.10. The van der Waals surface area contributed by atoms with Crippen LogP contribution < -0.4 is 25.0 Å². The van der Waals surface area contributed by atoms with Gasteiger partial charge >= 0.3 is 0 Å². The maximum Gasteiger partial charge on any atom is 0.262 e. The first-order valence-corrected chi connectivity index (χ1v) is 14.3. The van der Waals surface area contributed by atoms with E-state index < -0.39 is 24.0 Å². The Hall–Kier alpha value is -3.53. The SMILES string of the molecule is C=CCOc1c(Br)cc(/C=N\NC(=O)[C@H](Cc2ccccc2)NC(=O)[C@@H](C)Oc2ccc(Cl)cc2Cl)cc1OCC. The van der Waals surface area contributed by atoms with Crippen LogP contribution in [0.2, 0.25) is 10.0 Å². The highest BCUT2D eigenvalue weighted by Crippen LogP contribution is 2.36. The second-order valence-electron chi connectivity index (χ2n) is 8.68. The van der Waals surface area contributed by atoms with E-state index in [0.717, 1.165) is 5.56 Å². The molecule has 41 heavy (non-hydrogen) atoms. The minimum atomic E-state index is -0.945. The molecule has 8 nitrogen and oxygen atoms in total. The number of halogens is 3. The third-order valence-corrected chi connectivity index (χ3v) is 6.67. The molecule has 0 aliphatic heterocycles. The lowest BCUT2D eigenvalue weighted by atomic mass is 10.1. The van der Waals surface area contributed by atoms with Gasteiger partial charge in [0.1, 0.15) is 18.4 Å². The molecule has 3 aromatic rings. The number of nitrogens with zero attached hydrogens (tertiary/aromatic N) is 1. The first-order chi connectivity index (χ1) is 19.7. The molecule has 0 aromatic heterocycles. The molecule has 216 valence electrons. The highest BCUT2D eigenvalue weighted by atomic mass is 79.9. The summed E-state index contributed by atoms with van der Waals surface area (Å²) in [7, 11) is 0. The summed E-state index contributed by atoms with van der Waals surface area (Å²) >= 11 is 15.6. The normalized spacial score (nSPS) is 12.3. The number of ether oxygens (including phenoxy) is 3. The van der Waals surface area contributed by atoms with E-state index in [-0.39, 0.29) is 11.4 Å². The number of hydrogen-bond donors (Lipinski definition) is 2. The lowest BCUT2D eigenvalue weighted by molar-refractivity contribution is -0.132. The zero-order chi connectivity index (χ0) is 29.8. The van der Waals surface area contributed by atoms with Crippen molar-refractivity contribution >= 4 is 57.2 Å². The summed E-state index contributed by atoms with van der Waals surface area (Å²) in [5.74, 6) is 0.336. The second kappa shape index (κ2) is 16.0. The van der Waals surface area contributed by atoms with E-state index in [9.17, 15) is 9.59 Å². The van der Waals surface area contributed by atoms with Gasteiger partial charge in [-0.1, -0.05) is 66.2 Å². The standard InChI is InChI=1S/C30H30BrCl2N3O5/c1-4-13-40-28-23(31)14-21(16-27(28)39-5-2)18-34-36-30(38)25(15-20-9-7-6-8-10-20)35-29(37)19(3)41-26-12-11-22(32)17-24(26)33/h4,6-12,14,16-19,25H,1,5,13,15H2,2-3H3,(H,35,37)(H,36,38)/b34-18-/t19-,25+/m1/s1. The average Bonchev–Trinajstić information content (AvgIpc) is 2.94. The number of amides is 2. The van der Waals surface area contributed by atoms with Crippen molar-refractivity contribution in [2.24, 2.45) is 5.10 Å². The van der Waals surface area contributed by atoms with E-state index in [1.165, 1.54) is 12.3 Å². The molecular formula is C30H30BrCl2N3O5. The molecule has 0 saturated heterocycles. The zero-order valence-electron chi connectivity index (χ0n) is 22.5. The molecule has 0 fully saturated rings. The Morgan fingerprint density at radius 2 is 1.80 bits per heavy atom. The van der Waals surface area contributed by atoms with E-state index in [4.69, 9.17) is 37.4 Å². The van der Waals surface area contributed by atoms with Crippen LogP contribution in [0.3, 0.4) is 0 Å². The molecule has 2 amide bonds. The molecule has 0 spiro atoms. The quantitative estimate of drug-likeness (QED) is 0.119. The fourth-order valence-corrected chi connectivity index (χ4v) is 4.65. The van der Waals surface area contributed by atoms with Gasteiger partial charge in [0.2, 0.25) is 0 Å². The Labute approximate surface area is 257 Å². The number of rotatable bonds is 14. The molecule has 3 rings (SSSR count). The second-order valence-corrected chi connectivity index (χ2v) is 10.4. The van der Waals surface area contributed by atoms with Crippen LogP contribution in [0.15, 0.2) is 82.9 Å².